The lowest BCUT2D eigenvalue weighted by atomic mass is 10.1. The Labute approximate surface area is 65.9 Å². The number of hydrogen-bond donors (Lipinski definition) is 4. The van der Waals surface area contributed by atoms with Gasteiger partial charge in [0.05, 0.1) is 12.2 Å². The summed E-state index contributed by atoms with van der Waals surface area (Å²) in [5, 5.41) is 30.6. The number of rotatable bonds is 0. The molecule has 1 heterocycles. The van der Waals surface area contributed by atoms with Crippen molar-refractivity contribution in [3.8, 4) is 0 Å². The summed E-state index contributed by atoms with van der Waals surface area (Å²) in [7, 11) is 0. The molecule has 11 heavy (non-hydrogen) atoms. The maximum absolute atomic E-state index is 9.25. The van der Waals surface area contributed by atoms with Gasteiger partial charge in [-0.05, 0) is 13.3 Å². The second-order valence-electron chi connectivity index (χ2n) is 3.17. The van der Waals surface area contributed by atoms with Gasteiger partial charge in [0.25, 0.3) is 0 Å². The molecule has 1 rings (SSSR count). The molecular formula is C7H15NO3. The lowest BCUT2D eigenvalue weighted by Gasteiger charge is -2.18. The van der Waals surface area contributed by atoms with Crippen LogP contribution in [0.2, 0.25) is 0 Å². The largest absolute Gasteiger partial charge is 0.390 e. The van der Waals surface area contributed by atoms with Crippen LogP contribution < -0.4 is 5.32 Å². The van der Waals surface area contributed by atoms with E-state index in [0.29, 0.717) is 13.0 Å². The average molecular weight is 161 g/mol. The molecule has 0 radical (unpaired) electrons. The van der Waals surface area contributed by atoms with E-state index in [-0.39, 0.29) is 6.04 Å². The van der Waals surface area contributed by atoms with Crippen molar-refractivity contribution in [2.75, 3.05) is 6.54 Å². The minimum Gasteiger partial charge on any atom is -0.390 e. The molecule has 0 bridgehead atoms. The Morgan fingerprint density at radius 2 is 1.82 bits per heavy atom. The third-order valence-electron chi connectivity index (χ3n) is 2.06. The summed E-state index contributed by atoms with van der Waals surface area (Å²) < 4.78 is 0. The topological polar surface area (TPSA) is 72.7 Å². The molecule has 0 unspecified atom stereocenters. The van der Waals surface area contributed by atoms with Crippen molar-refractivity contribution in [3.05, 3.63) is 0 Å². The predicted octanol–water partition coefficient (Wildman–Crippen LogP) is -1.55. The number of aliphatic hydroxyl groups excluding tert-OH is 3. The molecule has 1 aliphatic rings. The van der Waals surface area contributed by atoms with Crippen molar-refractivity contribution < 1.29 is 15.3 Å². The molecule has 0 amide bonds. The van der Waals surface area contributed by atoms with E-state index in [0.717, 1.165) is 0 Å². The first-order chi connectivity index (χ1) is 5.11. The summed E-state index contributed by atoms with van der Waals surface area (Å²) in [6.45, 7) is 2.26. The SMILES string of the molecule is C[C@H]1C[C@@H](O)[C@H](O)[C@H](O)CN1. The average Bonchev–Trinajstić information content (AvgIpc) is 2.05. The predicted molar refractivity (Wildman–Crippen MR) is 40.1 cm³/mol. The van der Waals surface area contributed by atoms with Crippen molar-refractivity contribution >= 4 is 0 Å². The van der Waals surface area contributed by atoms with Crippen LogP contribution >= 0.6 is 0 Å². The highest BCUT2D eigenvalue weighted by Gasteiger charge is 2.29. The number of hydrogen-bond acceptors (Lipinski definition) is 4. The first-order valence-electron chi connectivity index (χ1n) is 3.89. The number of β-amino-alcohol motifs (C(OH)–C–C–N with tert-alkyl or cyclic N) is 1. The van der Waals surface area contributed by atoms with Crippen LogP contribution in [0.15, 0.2) is 0 Å². The number of aliphatic hydroxyl groups is 3. The minimum absolute atomic E-state index is 0.150. The molecule has 1 aliphatic heterocycles. The molecule has 0 aromatic carbocycles. The van der Waals surface area contributed by atoms with Crippen LogP contribution in [0, 0.1) is 0 Å². The fraction of sp³-hybridized carbons (Fsp3) is 1.00. The van der Waals surface area contributed by atoms with E-state index < -0.39 is 18.3 Å². The van der Waals surface area contributed by atoms with Gasteiger partial charge in [-0.15, -0.1) is 0 Å². The van der Waals surface area contributed by atoms with Crippen LogP contribution in [0.3, 0.4) is 0 Å². The standard InChI is InChI=1S/C7H15NO3/c1-4-2-5(9)7(11)6(10)3-8-4/h4-11H,2-3H2,1H3/t4-,5+,6+,7-/m0/s1. The Balaban J connectivity index is 2.53. The third kappa shape index (κ3) is 2.13. The van der Waals surface area contributed by atoms with E-state index in [4.69, 9.17) is 0 Å². The van der Waals surface area contributed by atoms with Crippen molar-refractivity contribution in [1.29, 1.82) is 0 Å². The normalized spacial score (nSPS) is 46.9. The highest BCUT2D eigenvalue weighted by Crippen LogP contribution is 2.10. The molecule has 0 aromatic heterocycles. The second-order valence-corrected chi connectivity index (χ2v) is 3.17. The summed E-state index contributed by atoms with van der Waals surface area (Å²) in [4.78, 5) is 0. The number of nitrogens with one attached hydrogen (secondary N) is 1. The lowest BCUT2D eigenvalue weighted by Crippen LogP contribution is -2.38. The summed E-state index contributed by atoms with van der Waals surface area (Å²) in [6, 6.07) is 0.150. The zero-order chi connectivity index (χ0) is 8.43. The summed E-state index contributed by atoms with van der Waals surface area (Å²) in [5.41, 5.74) is 0. The zero-order valence-electron chi connectivity index (χ0n) is 6.57. The molecule has 0 aromatic rings. The van der Waals surface area contributed by atoms with E-state index in [1.807, 2.05) is 6.92 Å². The molecule has 4 atom stereocenters. The van der Waals surface area contributed by atoms with Crippen LogP contribution in [0.4, 0.5) is 0 Å². The molecular weight excluding hydrogens is 146 g/mol. The Kier molecular flexibility index (Phi) is 2.84. The molecule has 4 N–H and O–H groups in total. The van der Waals surface area contributed by atoms with Gasteiger partial charge in [0.15, 0.2) is 0 Å². The third-order valence-corrected chi connectivity index (χ3v) is 2.06. The first-order valence-corrected chi connectivity index (χ1v) is 3.89. The Bertz CT molecular complexity index is 131. The maximum atomic E-state index is 9.25. The highest BCUT2D eigenvalue weighted by atomic mass is 16.4. The maximum Gasteiger partial charge on any atom is 0.107 e. The van der Waals surface area contributed by atoms with Gasteiger partial charge in [-0.25, -0.2) is 0 Å². The van der Waals surface area contributed by atoms with E-state index in [1.54, 1.807) is 0 Å². The fourth-order valence-corrected chi connectivity index (χ4v) is 1.28. The Hall–Kier alpha value is -0.160. The van der Waals surface area contributed by atoms with Crippen molar-refractivity contribution in [2.24, 2.45) is 0 Å². The Morgan fingerprint density at radius 3 is 2.45 bits per heavy atom. The highest BCUT2D eigenvalue weighted by molar-refractivity contribution is 4.84. The summed E-state index contributed by atoms with van der Waals surface area (Å²) in [5.74, 6) is 0. The van der Waals surface area contributed by atoms with E-state index in [1.165, 1.54) is 0 Å². The van der Waals surface area contributed by atoms with Crippen LogP contribution in [-0.4, -0.2) is 46.2 Å². The fourth-order valence-electron chi connectivity index (χ4n) is 1.28. The first kappa shape index (κ1) is 8.93. The molecule has 4 nitrogen and oxygen atoms in total. The molecule has 0 spiro atoms. The van der Waals surface area contributed by atoms with Gasteiger partial charge in [0.1, 0.15) is 6.10 Å². The summed E-state index contributed by atoms with van der Waals surface area (Å²) >= 11 is 0. The van der Waals surface area contributed by atoms with E-state index >= 15 is 0 Å². The van der Waals surface area contributed by atoms with Crippen molar-refractivity contribution in [3.63, 3.8) is 0 Å². The van der Waals surface area contributed by atoms with Crippen LogP contribution in [0.5, 0.6) is 0 Å². The van der Waals surface area contributed by atoms with Crippen LogP contribution in [0.1, 0.15) is 13.3 Å². The molecule has 1 saturated heterocycles. The quantitative estimate of drug-likeness (QED) is 0.347. The van der Waals surface area contributed by atoms with Gasteiger partial charge >= 0.3 is 0 Å². The smallest absolute Gasteiger partial charge is 0.107 e. The van der Waals surface area contributed by atoms with Crippen LogP contribution in [0.25, 0.3) is 0 Å². The second kappa shape index (κ2) is 3.49. The molecule has 1 fully saturated rings. The molecule has 0 saturated carbocycles. The van der Waals surface area contributed by atoms with Gasteiger partial charge in [0.2, 0.25) is 0 Å². The van der Waals surface area contributed by atoms with Crippen molar-refractivity contribution in [2.45, 2.75) is 37.7 Å². The molecule has 4 heteroatoms. The van der Waals surface area contributed by atoms with E-state index in [2.05, 4.69) is 5.32 Å². The lowest BCUT2D eigenvalue weighted by molar-refractivity contribution is -0.0511. The Morgan fingerprint density at radius 1 is 1.18 bits per heavy atom. The summed E-state index contributed by atoms with van der Waals surface area (Å²) in [6.07, 6.45) is -2.18. The van der Waals surface area contributed by atoms with Gasteiger partial charge < -0.3 is 20.6 Å². The van der Waals surface area contributed by atoms with Crippen molar-refractivity contribution in [1.82, 2.24) is 5.32 Å². The minimum atomic E-state index is -1.01. The van der Waals surface area contributed by atoms with Gasteiger partial charge in [-0.1, -0.05) is 0 Å². The van der Waals surface area contributed by atoms with Gasteiger partial charge in [-0.3, -0.25) is 0 Å². The van der Waals surface area contributed by atoms with Crippen LogP contribution in [-0.2, 0) is 0 Å². The molecule has 0 aliphatic carbocycles. The zero-order valence-corrected chi connectivity index (χ0v) is 6.57. The van der Waals surface area contributed by atoms with Gasteiger partial charge in [-0.2, -0.15) is 0 Å². The monoisotopic (exact) mass is 161 g/mol. The van der Waals surface area contributed by atoms with E-state index in [9.17, 15) is 15.3 Å². The molecule has 66 valence electrons. The van der Waals surface area contributed by atoms with Gasteiger partial charge in [0, 0.05) is 12.6 Å².